The van der Waals surface area contributed by atoms with E-state index >= 15 is 0 Å². The number of esters is 1. The Balaban J connectivity index is 1.37. The van der Waals surface area contributed by atoms with Crippen molar-refractivity contribution in [2.75, 3.05) is 13.7 Å². The Labute approximate surface area is 244 Å². The van der Waals surface area contributed by atoms with Gasteiger partial charge in [-0.25, -0.2) is 14.6 Å². The van der Waals surface area contributed by atoms with E-state index in [9.17, 15) is 14.4 Å². The molecule has 0 aliphatic rings. The Kier molecular flexibility index (Phi) is 10.5. The number of rotatable bonds is 13. The molecule has 0 aliphatic heterocycles. The van der Waals surface area contributed by atoms with Crippen LogP contribution in [0, 0.1) is 6.92 Å². The molecule has 0 saturated heterocycles. The second-order valence-corrected chi connectivity index (χ2v) is 9.72. The number of unbranched alkanes of at least 4 members (excludes halogenated alkanes) is 1. The van der Waals surface area contributed by atoms with E-state index in [1.165, 1.54) is 13.3 Å². The van der Waals surface area contributed by atoms with E-state index in [-0.39, 0.29) is 18.8 Å². The molecule has 0 bridgehead atoms. The highest BCUT2D eigenvalue weighted by Gasteiger charge is 2.26. The quantitative estimate of drug-likeness (QED) is 0.179. The number of ether oxygens (including phenoxy) is 3. The summed E-state index contributed by atoms with van der Waals surface area (Å²) in [7, 11) is 3.24. The first-order chi connectivity index (χ1) is 20.4. The molecule has 11 nitrogen and oxygen atoms in total. The molecule has 11 heteroatoms. The van der Waals surface area contributed by atoms with Gasteiger partial charge in [0.25, 0.3) is 5.91 Å². The van der Waals surface area contributed by atoms with Gasteiger partial charge in [-0.3, -0.25) is 9.48 Å². The van der Waals surface area contributed by atoms with Gasteiger partial charge < -0.3 is 24.8 Å². The van der Waals surface area contributed by atoms with E-state index in [0.29, 0.717) is 48.3 Å². The fourth-order valence-corrected chi connectivity index (χ4v) is 4.50. The third-order valence-electron chi connectivity index (χ3n) is 6.64. The summed E-state index contributed by atoms with van der Waals surface area (Å²) < 4.78 is 18.0. The highest BCUT2D eigenvalue weighted by Crippen LogP contribution is 2.30. The molecule has 1 unspecified atom stereocenters. The lowest BCUT2D eigenvalue weighted by Gasteiger charge is -2.19. The van der Waals surface area contributed by atoms with Crippen LogP contribution in [-0.2, 0) is 34.5 Å². The van der Waals surface area contributed by atoms with Gasteiger partial charge >= 0.3 is 12.1 Å². The van der Waals surface area contributed by atoms with Gasteiger partial charge in [0.15, 0.2) is 5.65 Å². The summed E-state index contributed by atoms with van der Waals surface area (Å²) in [5.41, 5.74) is 3.15. The first-order valence-electron chi connectivity index (χ1n) is 13.7. The number of aryl methyl sites for hydroxylation is 2. The summed E-state index contributed by atoms with van der Waals surface area (Å²) >= 11 is 0. The number of carbonyl (C=O) groups is 3. The van der Waals surface area contributed by atoms with Crippen LogP contribution >= 0.6 is 0 Å². The zero-order valence-corrected chi connectivity index (χ0v) is 24.0. The molecule has 0 radical (unpaired) electrons. The topological polar surface area (TPSA) is 134 Å². The minimum Gasteiger partial charge on any atom is -0.495 e. The van der Waals surface area contributed by atoms with E-state index in [1.54, 1.807) is 11.7 Å². The van der Waals surface area contributed by atoms with Crippen molar-refractivity contribution in [3.05, 3.63) is 89.2 Å². The molecule has 0 spiro atoms. The van der Waals surface area contributed by atoms with Crippen LogP contribution in [0.3, 0.4) is 0 Å². The molecule has 0 fully saturated rings. The molecule has 2 aromatic carbocycles. The van der Waals surface area contributed by atoms with Crippen molar-refractivity contribution in [3.8, 4) is 5.75 Å². The summed E-state index contributed by atoms with van der Waals surface area (Å²) in [4.78, 5) is 42.9. The Morgan fingerprint density at radius 2 is 1.57 bits per heavy atom. The Bertz CT molecular complexity index is 1510. The first kappa shape index (κ1) is 30.0. The summed E-state index contributed by atoms with van der Waals surface area (Å²) in [6.45, 7) is 2.41. The number of aromatic nitrogens is 3. The average molecular weight is 574 g/mol. The lowest BCUT2D eigenvalue weighted by Crippen LogP contribution is -2.42. The van der Waals surface area contributed by atoms with E-state index in [1.807, 2.05) is 67.6 Å². The van der Waals surface area contributed by atoms with Crippen molar-refractivity contribution in [1.29, 1.82) is 0 Å². The molecule has 0 saturated carbocycles. The fourth-order valence-electron chi connectivity index (χ4n) is 4.50. The molecule has 1 atom stereocenters. The molecule has 0 aliphatic carbocycles. The maximum absolute atomic E-state index is 13.4. The number of nitrogens with one attached hydrogen (secondary N) is 2. The zero-order valence-electron chi connectivity index (χ0n) is 24.0. The normalized spacial score (nSPS) is 11.5. The molecule has 2 amide bonds. The minimum absolute atomic E-state index is 0.0760. The molecule has 4 aromatic rings. The first-order valence-corrected chi connectivity index (χ1v) is 13.7. The lowest BCUT2D eigenvalue weighted by molar-refractivity contribution is -0.147. The molecule has 220 valence electrons. The fraction of sp³-hybridized carbons (Fsp3) is 0.323. The Hall–Kier alpha value is -4.93. The largest absolute Gasteiger partial charge is 0.495 e. The van der Waals surface area contributed by atoms with Crippen molar-refractivity contribution in [1.82, 2.24) is 25.4 Å². The number of nitrogens with zero attached hydrogens (tertiary/aromatic N) is 3. The molecule has 42 heavy (non-hydrogen) atoms. The van der Waals surface area contributed by atoms with Gasteiger partial charge in [0.2, 0.25) is 0 Å². The SMILES string of the molecule is COc1c(C(=O)NC(CCCCNC(=O)OCc2ccccc2)C(=O)OCc2ccccc2)cnc2c1c(C)nn2C. The van der Waals surface area contributed by atoms with Crippen LogP contribution in [0.1, 0.15) is 46.4 Å². The summed E-state index contributed by atoms with van der Waals surface area (Å²) in [5, 5.41) is 10.5. The van der Waals surface area contributed by atoms with Gasteiger partial charge in [0.05, 0.1) is 18.2 Å². The van der Waals surface area contributed by atoms with Crippen molar-refractivity contribution in [2.24, 2.45) is 7.05 Å². The molecular weight excluding hydrogens is 538 g/mol. The number of fused-ring (bicyclic) bond motifs is 1. The number of hydrogen-bond acceptors (Lipinski definition) is 8. The zero-order chi connectivity index (χ0) is 29.9. The Morgan fingerprint density at radius 3 is 2.21 bits per heavy atom. The second-order valence-electron chi connectivity index (χ2n) is 9.72. The predicted molar refractivity (Wildman–Crippen MR) is 156 cm³/mol. The highest BCUT2D eigenvalue weighted by molar-refractivity contribution is 6.03. The van der Waals surface area contributed by atoms with Gasteiger partial charge in [0.1, 0.15) is 30.6 Å². The number of benzene rings is 2. The van der Waals surface area contributed by atoms with Gasteiger partial charge in [-0.1, -0.05) is 60.7 Å². The predicted octanol–water partition coefficient (Wildman–Crippen LogP) is 4.22. The van der Waals surface area contributed by atoms with Gasteiger partial charge in [-0.2, -0.15) is 5.10 Å². The van der Waals surface area contributed by atoms with E-state index < -0.39 is 24.0 Å². The van der Waals surface area contributed by atoms with E-state index in [0.717, 1.165) is 11.1 Å². The molecule has 4 rings (SSSR count). The van der Waals surface area contributed by atoms with Gasteiger partial charge in [0, 0.05) is 19.8 Å². The molecule has 2 aromatic heterocycles. The third-order valence-corrected chi connectivity index (χ3v) is 6.64. The van der Waals surface area contributed by atoms with Crippen molar-refractivity contribution < 1.29 is 28.6 Å². The van der Waals surface area contributed by atoms with Gasteiger partial charge in [-0.15, -0.1) is 0 Å². The summed E-state index contributed by atoms with van der Waals surface area (Å²) in [6.07, 6.45) is 2.27. The monoisotopic (exact) mass is 573 g/mol. The van der Waals surface area contributed by atoms with Crippen LogP contribution in [0.25, 0.3) is 11.0 Å². The van der Waals surface area contributed by atoms with Crippen molar-refractivity contribution >= 4 is 29.0 Å². The number of hydrogen-bond donors (Lipinski definition) is 2. The summed E-state index contributed by atoms with van der Waals surface area (Å²) in [6, 6.07) is 17.8. The van der Waals surface area contributed by atoms with Crippen LogP contribution < -0.4 is 15.4 Å². The number of pyridine rings is 1. The van der Waals surface area contributed by atoms with Crippen LogP contribution in [0.4, 0.5) is 4.79 Å². The number of methoxy groups -OCH3 is 1. The van der Waals surface area contributed by atoms with Crippen LogP contribution in [0.2, 0.25) is 0 Å². The second kappa shape index (κ2) is 14.6. The van der Waals surface area contributed by atoms with E-state index in [2.05, 4.69) is 20.7 Å². The van der Waals surface area contributed by atoms with Crippen LogP contribution in [0.5, 0.6) is 5.75 Å². The van der Waals surface area contributed by atoms with Crippen molar-refractivity contribution in [3.63, 3.8) is 0 Å². The third kappa shape index (κ3) is 7.84. The molecule has 2 heterocycles. The minimum atomic E-state index is -0.929. The molecular formula is C31H35N5O6. The summed E-state index contributed by atoms with van der Waals surface area (Å²) in [5.74, 6) is -0.750. The molecule has 2 N–H and O–H groups in total. The highest BCUT2D eigenvalue weighted by atomic mass is 16.5. The Morgan fingerprint density at radius 1 is 0.929 bits per heavy atom. The van der Waals surface area contributed by atoms with Crippen LogP contribution in [-0.4, -0.2) is 52.4 Å². The number of alkyl carbamates (subject to hydrolysis) is 1. The standard InChI is InChI=1S/C31H35N5O6/c1-21-26-27(40-3)24(18-33-28(26)36(2)35-21)29(37)34-25(30(38)41-19-22-12-6-4-7-13-22)16-10-11-17-32-31(39)42-20-23-14-8-5-9-15-23/h4-9,12-15,18,25H,10-11,16-17,19-20H2,1-3H3,(H,32,39)(H,34,37). The number of amides is 2. The smallest absolute Gasteiger partial charge is 0.407 e. The number of carbonyl (C=O) groups excluding carboxylic acids is 3. The van der Waals surface area contributed by atoms with Crippen molar-refractivity contribution in [2.45, 2.75) is 45.4 Å². The van der Waals surface area contributed by atoms with Gasteiger partial charge in [-0.05, 0) is 37.3 Å². The lowest BCUT2D eigenvalue weighted by atomic mass is 10.1. The maximum Gasteiger partial charge on any atom is 0.407 e. The maximum atomic E-state index is 13.4. The van der Waals surface area contributed by atoms with E-state index in [4.69, 9.17) is 14.2 Å². The van der Waals surface area contributed by atoms with Crippen LogP contribution in [0.15, 0.2) is 66.9 Å². The average Bonchev–Trinajstić information content (AvgIpc) is 3.31.